The van der Waals surface area contributed by atoms with Gasteiger partial charge in [0, 0.05) is 49.2 Å². The molecule has 0 spiro atoms. The predicted octanol–water partition coefficient (Wildman–Crippen LogP) is 6.65. The van der Waals surface area contributed by atoms with E-state index in [1.54, 1.807) is 32.1 Å². The van der Waals surface area contributed by atoms with Gasteiger partial charge in [-0.15, -0.1) is 0 Å². The van der Waals surface area contributed by atoms with Crippen LogP contribution in [0.3, 0.4) is 0 Å². The zero-order chi connectivity index (χ0) is 31.3. The lowest BCUT2D eigenvalue weighted by Gasteiger charge is -2.32. The Kier molecular flexibility index (Phi) is 10.4. The van der Waals surface area contributed by atoms with E-state index in [4.69, 9.17) is 21.7 Å². The van der Waals surface area contributed by atoms with Crippen LogP contribution in [0.25, 0.3) is 32.2 Å². The summed E-state index contributed by atoms with van der Waals surface area (Å²) in [7, 11) is 4.08. The Morgan fingerprint density at radius 3 is 2.26 bits per heavy atom. The van der Waals surface area contributed by atoms with Gasteiger partial charge in [0.15, 0.2) is 5.13 Å². The molecule has 6 rings (SSSR count). The van der Waals surface area contributed by atoms with Crippen LogP contribution in [0.5, 0.6) is 0 Å². The average molecular weight is 622 g/mol. The number of carboxylic acids is 1. The standard InChI is InChI=1S/C21H22ClN3O2S.C8H8N2.C4H10O/c1-13-11-17-20(28-21(23-17)25-9-7-24(2)8-10-25)19(16(13)12-18(26)27)14-3-5-15(22)6-4-14;1-10-8-5-3-2-4-7(8)6-9-10;1-4(2,3)5/h3-6,11H,7-10,12H2,1-2H3,(H,26,27);2-6H,1H3;5H,1-3H3. The van der Waals surface area contributed by atoms with Crippen LogP contribution in [0.1, 0.15) is 31.9 Å². The molecular weight excluding hydrogens is 582 g/mol. The van der Waals surface area contributed by atoms with Gasteiger partial charge < -0.3 is 20.0 Å². The fourth-order valence-corrected chi connectivity index (χ4v) is 6.08. The minimum atomic E-state index is -0.832. The lowest BCUT2D eigenvalue weighted by atomic mass is 9.93. The van der Waals surface area contributed by atoms with E-state index in [1.807, 2.05) is 67.3 Å². The number of rotatable bonds is 4. The minimum absolute atomic E-state index is 0.0124. The van der Waals surface area contributed by atoms with E-state index in [0.29, 0.717) is 5.02 Å². The van der Waals surface area contributed by atoms with Gasteiger partial charge in [-0.3, -0.25) is 9.48 Å². The molecule has 0 saturated carbocycles. The summed E-state index contributed by atoms with van der Waals surface area (Å²) < 4.78 is 2.91. The van der Waals surface area contributed by atoms with Crippen molar-refractivity contribution >= 4 is 55.2 Å². The molecule has 2 aromatic heterocycles. The predicted molar refractivity (Wildman–Crippen MR) is 179 cm³/mol. The van der Waals surface area contributed by atoms with Gasteiger partial charge in [0.25, 0.3) is 0 Å². The first-order valence-electron chi connectivity index (χ1n) is 14.2. The van der Waals surface area contributed by atoms with Crippen LogP contribution >= 0.6 is 22.9 Å². The second kappa shape index (κ2) is 13.9. The number of thiazole rings is 1. The van der Waals surface area contributed by atoms with Gasteiger partial charge in [-0.1, -0.05) is 53.3 Å². The number of likely N-dealkylation sites (N-methyl/N-ethyl adjacent to an activating group) is 1. The van der Waals surface area contributed by atoms with Crippen molar-refractivity contribution in [2.24, 2.45) is 7.05 Å². The number of halogens is 1. The summed E-state index contributed by atoms with van der Waals surface area (Å²) in [5, 5.41) is 25.0. The lowest BCUT2D eigenvalue weighted by Crippen LogP contribution is -2.44. The fourth-order valence-electron chi connectivity index (χ4n) is 4.76. The molecule has 0 bridgehead atoms. The summed E-state index contributed by atoms with van der Waals surface area (Å²) in [5.74, 6) is -0.832. The molecular formula is C33H40ClN5O3S. The van der Waals surface area contributed by atoms with Crippen LogP contribution in [0.15, 0.2) is 60.8 Å². The van der Waals surface area contributed by atoms with E-state index in [9.17, 15) is 9.90 Å². The van der Waals surface area contributed by atoms with Crippen LogP contribution in [0.4, 0.5) is 5.13 Å². The van der Waals surface area contributed by atoms with Crippen molar-refractivity contribution in [1.29, 1.82) is 0 Å². The number of hydrogen-bond donors (Lipinski definition) is 2. The molecule has 0 amide bonds. The molecule has 0 unspecified atom stereocenters. The molecule has 1 aliphatic heterocycles. The van der Waals surface area contributed by atoms with Gasteiger partial charge in [-0.25, -0.2) is 4.98 Å². The van der Waals surface area contributed by atoms with Crippen molar-refractivity contribution in [3.05, 3.63) is 76.9 Å². The van der Waals surface area contributed by atoms with E-state index in [2.05, 4.69) is 34.1 Å². The molecule has 43 heavy (non-hydrogen) atoms. The smallest absolute Gasteiger partial charge is 0.307 e. The van der Waals surface area contributed by atoms with Gasteiger partial charge in [0.2, 0.25) is 0 Å². The largest absolute Gasteiger partial charge is 0.481 e. The molecule has 2 N–H and O–H groups in total. The first-order chi connectivity index (χ1) is 20.3. The Labute approximate surface area is 262 Å². The highest BCUT2D eigenvalue weighted by Gasteiger charge is 2.22. The quantitative estimate of drug-likeness (QED) is 0.232. The molecule has 10 heteroatoms. The van der Waals surface area contributed by atoms with E-state index in [0.717, 1.165) is 63.8 Å². The number of aryl methyl sites for hydroxylation is 2. The third kappa shape index (κ3) is 8.76. The van der Waals surface area contributed by atoms with Gasteiger partial charge in [0.05, 0.1) is 34.0 Å². The van der Waals surface area contributed by atoms with Crippen molar-refractivity contribution < 1.29 is 15.0 Å². The molecule has 3 aromatic carbocycles. The highest BCUT2D eigenvalue weighted by molar-refractivity contribution is 7.22. The number of benzene rings is 3. The molecule has 1 fully saturated rings. The van der Waals surface area contributed by atoms with Crippen molar-refractivity contribution in [3.8, 4) is 11.1 Å². The number of aromatic nitrogens is 3. The summed E-state index contributed by atoms with van der Waals surface area (Å²) in [6, 6.07) is 17.8. The molecule has 8 nitrogen and oxygen atoms in total. The number of aliphatic carboxylic acids is 1. The van der Waals surface area contributed by atoms with E-state index < -0.39 is 11.6 Å². The number of piperazine rings is 1. The van der Waals surface area contributed by atoms with E-state index in [1.165, 1.54) is 10.9 Å². The maximum Gasteiger partial charge on any atom is 0.307 e. The third-order valence-electron chi connectivity index (χ3n) is 6.89. The zero-order valence-electron chi connectivity index (χ0n) is 25.6. The molecule has 1 aliphatic rings. The summed E-state index contributed by atoms with van der Waals surface area (Å²) in [5.41, 5.74) is 5.35. The lowest BCUT2D eigenvalue weighted by molar-refractivity contribution is -0.136. The average Bonchev–Trinajstić information content (AvgIpc) is 3.53. The summed E-state index contributed by atoms with van der Waals surface area (Å²) in [6.07, 6.45) is 1.86. The van der Waals surface area contributed by atoms with Crippen molar-refractivity contribution in [3.63, 3.8) is 0 Å². The fraction of sp³-hybridized carbons (Fsp3) is 0.364. The number of hydrogen-bond acceptors (Lipinski definition) is 7. The second-order valence-electron chi connectivity index (χ2n) is 11.8. The van der Waals surface area contributed by atoms with Crippen LogP contribution in [0.2, 0.25) is 5.02 Å². The van der Waals surface area contributed by atoms with E-state index >= 15 is 0 Å². The van der Waals surface area contributed by atoms with Crippen LogP contribution < -0.4 is 4.90 Å². The first-order valence-corrected chi connectivity index (χ1v) is 15.4. The van der Waals surface area contributed by atoms with Gasteiger partial charge in [-0.05, 0) is 75.7 Å². The third-order valence-corrected chi connectivity index (χ3v) is 8.29. The van der Waals surface area contributed by atoms with Crippen LogP contribution in [0, 0.1) is 6.92 Å². The van der Waals surface area contributed by atoms with Gasteiger partial charge >= 0.3 is 5.97 Å². The Morgan fingerprint density at radius 2 is 1.65 bits per heavy atom. The summed E-state index contributed by atoms with van der Waals surface area (Å²) in [6.45, 7) is 11.1. The molecule has 228 valence electrons. The van der Waals surface area contributed by atoms with Crippen molar-refractivity contribution in [2.75, 3.05) is 38.1 Å². The summed E-state index contributed by atoms with van der Waals surface area (Å²) in [4.78, 5) is 21.1. The number of para-hydroxylation sites is 1. The number of aliphatic hydroxyl groups is 1. The number of nitrogens with zero attached hydrogens (tertiary/aromatic N) is 5. The maximum absolute atomic E-state index is 11.5. The SMILES string of the molecule is CC(C)(C)O.Cc1cc2nc(N3CCN(C)CC3)sc2c(-c2ccc(Cl)cc2)c1CC(=O)O.Cn1ncc2ccccc21. The molecule has 5 aromatic rings. The molecule has 0 aliphatic carbocycles. The number of carboxylic acid groups (broad SMARTS) is 1. The Morgan fingerprint density at radius 1 is 1.02 bits per heavy atom. The number of carbonyl (C=O) groups is 1. The Balaban J connectivity index is 0.000000230. The molecule has 3 heterocycles. The Hall–Kier alpha value is -3.50. The minimum Gasteiger partial charge on any atom is -0.481 e. The molecule has 0 atom stereocenters. The van der Waals surface area contributed by atoms with Crippen LogP contribution in [-0.2, 0) is 18.3 Å². The van der Waals surface area contributed by atoms with Crippen molar-refractivity contribution in [1.82, 2.24) is 19.7 Å². The topological polar surface area (TPSA) is 94.7 Å². The first kappa shape index (κ1) is 32.4. The number of anilines is 1. The number of fused-ring (bicyclic) bond motifs is 2. The second-order valence-corrected chi connectivity index (χ2v) is 13.2. The van der Waals surface area contributed by atoms with Crippen LogP contribution in [-0.4, -0.2) is 74.7 Å². The van der Waals surface area contributed by atoms with Gasteiger partial charge in [-0.2, -0.15) is 5.10 Å². The highest BCUT2D eigenvalue weighted by atomic mass is 35.5. The highest BCUT2D eigenvalue weighted by Crippen LogP contribution is 2.41. The van der Waals surface area contributed by atoms with Crippen molar-refractivity contribution in [2.45, 2.75) is 39.7 Å². The Bertz CT molecular complexity index is 1680. The summed E-state index contributed by atoms with van der Waals surface area (Å²) >= 11 is 7.73. The van der Waals surface area contributed by atoms with Gasteiger partial charge in [0.1, 0.15) is 0 Å². The maximum atomic E-state index is 11.5. The molecule has 0 radical (unpaired) electrons. The zero-order valence-corrected chi connectivity index (χ0v) is 27.2. The van der Waals surface area contributed by atoms with E-state index in [-0.39, 0.29) is 6.42 Å². The molecule has 1 saturated heterocycles. The monoisotopic (exact) mass is 621 g/mol. The normalized spacial score (nSPS) is 13.8.